The Hall–Kier alpha value is -2.41. The van der Waals surface area contributed by atoms with Crippen LogP contribution in [0, 0.1) is 0 Å². The van der Waals surface area contributed by atoms with E-state index in [-0.39, 0.29) is 0 Å². The van der Waals surface area contributed by atoms with Crippen LogP contribution < -0.4 is 18.3 Å². The maximum Gasteiger partial charge on any atom is 0.242 e. The zero-order valence-corrected chi connectivity index (χ0v) is 24.4. The monoisotopic (exact) mass is 530 g/mol. The van der Waals surface area contributed by atoms with Crippen molar-refractivity contribution in [2.45, 2.75) is 39.3 Å². The molecule has 0 radical (unpaired) electrons. The second-order valence-electron chi connectivity index (χ2n) is 9.81. The normalized spacial score (nSPS) is 12.1. The molecule has 0 fully saturated rings. The van der Waals surface area contributed by atoms with E-state index in [0.717, 1.165) is 53.8 Å². The van der Waals surface area contributed by atoms with Gasteiger partial charge < -0.3 is 18.3 Å². The number of thiazole rings is 2. The van der Waals surface area contributed by atoms with Crippen molar-refractivity contribution >= 4 is 49.0 Å². The molecule has 2 aromatic heterocycles. The Morgan fingerprint density at radius 1 is 0.588 bits per heavy atom. The summed E-state index contributed by atoms with van der Waals surface area (Å²) in [6, 6.07) is 12.0. The molecule has 34 heavy (non-hydrogen) atoms. The Kier molecular flexibility index (Phi) is 6.78. The van der Waals surface area contributed by atoms with Crippen molar-refractivity contribution in [3.8, 4) is 44.1 Å². The van der Waals surface area contributed by atoms with Gasteiger partial charge in [0.1, 0.15) is 21.5 Å². The number of nitrogens with zero attached hydrogens (tertiary/aromatic N) is 2. The third-order valence-electron chi connectivity index (χ3n) is 4.63. The van der Waals surface area contributed by atoms with Gasteiger partial charge in [0, 0.05) is 11.1 Å². The summed E-state index contributed by atoms with van der Waals surface area (Å²) in [4.78, 5) is 11.5. The molecule has 10 heteroatoms. The van der Waals surface area contributed by atoms with E-state index in [9.17, 15) is 0 Å². The fraction of sp³-hybridized carbons (Fsp3) is 0.333. The van der Waals surface area contributed by atoms with E-state index in [1.165, 1.54) is 0 Å². The number of fused-ring (bicyclic) bond motifs is 1. The van der Waals surface area contributed by atoms with Gasteiger partial charge in [-0.2, -0.15) is 0 Å². The van der Waals surface area contributed by atoms with Crippen LogP contribution in [0.4, 0.5) is 0 Å². The van der Waals surface area contributed by atoms with Crippen LogP contribution in [0.3, 0.4) is 0 Å². The van der Waals surface area contributed by atoms with Gasteiger partial charge in [-0.05, 0) is 75.7 Å². The van der Waals surface area contributed by atoms with E-state index in [0.29, 0.717) is 0 Å². The molecule has 180 valence electrons. The number of aromatic nitrogens is 2. The average molecular weight is 531 g/mol. The summed E-state index contributed by atoms with van der Waals surface area (Å²) in [5, 5.41) is 1.82. The number of rotatable bonds is 8. The molecule has 4 aromatic rings. The summed E-state index contributed by atoms with van der Waals surface area (Å²) >= 11 is 3.15. The van der Waals surface area contributed by atoms with E-state index in [1.54, 1.807) is 36.9 Å². The van der Waals surface area contributed by atoms with Crippen LogP contribution >= 0.6 is 22.7 Å². The standard InChI is InChI=1S/C24H30N2O4S2Si2/c1-27-19-13-15(9-11-17(19)29-33(3,4)5)21-25-23-24(31-21)26-22(32-23)16-10-12-18(20(14-16)28-2)30-34(6,7)8/h9-14H,1-8H3. The summed E-state index contributed by atoms with van der Waals surface area (Å²) in [5.74, 6) is 3.00. The van der Waals surface area contributed by atoms with Crippen molar-refractivity contribution in [3.05, 3.63) is 36.4 Å². The highest BCUT2D eigenvalue weighted by Crippen LogP contribution is 2.41. The Morgan fingerprint density at radius 3 is 1.29 bits per heavy atom. The summed E-state index contributed by atoms with van der Waals surface area (Å²) in [7, 11) is -0.140. The van der Waals surface area contributed by atoms with Crippen LogP contribution in [0.1, 0.15) is 0 Å². The van der Waals surface area contributed by atoms with Crippen molar-refractivity contribution in [1.29, 1.82) is 0 Å². The predicted molar refractivity (Wildman–Crippen MR) is 147 cm³/mol. The lowest BCUT2D eigenvalue weighted by Crippen LogP contribution is -2.29. The summed E-state index contributed by atoms with van der Waals surface area (Å²) < 4.78 is 23.5. The van der Waals surface area contributed by atoms with E-state index in [1.807, 2.05) is 36.4 Å². The van der Waals surface area contributed by atoms with Crippen molar-refractivity contribution in [2.24, 2.45) is 0 Å². The first kappa shape index (κ1) is 24.7. The Labute approximate surface area is 210 Å². The molecule has 6 nitrogen and oxygen atoms in total. The van der Waals surface area contributed by atoms with Crippen LogP contribution in [0.5, 0.6) is 23.0 Å². The molecular weight excluding hydrogens is 501 g/mol. The van der Waals surface area contributed by atoms with Gasteiger partial charge in [0.25, 0.3) is 0 Å². The fourth-order valence-electron chi connectivity index (χ4n) is 3.32. The minimum atomic E-state index is -1.74. The van der Waals surface area contributed by atoms with Crippen LogP contribution in [0.15, 0.2) is 36.4 Å². The lowest BCUT2D eigenvalue weighted by atomic mass is 10.2. The third-order valence-corrected chi connectivity index (χ3v) is 8.42. The second-order valence-corrected chi connectivity index (χ2v) is 20.6. The number of ether oxygens (including phenoxy) is 2. The SMILES string of the molecule is COc1cc(-c2nc3sc(-c4ccc(O[Si](C)(C)C)c(OC)c4)nc3s2)ccc1O[Si](C)(C)C. The maximum absolute atomic E-state index is 6.15. The fourth-order valence-corrected chi connectivity index (χ4v) is 7.01. The Bertz CT molecular complexity index is 1190. The van der Waals surface area contributed by atoms with Crippen molar-refractivity contribution in [1.82, 2.24) is 9.97 Å². The molecule has 0 saturated carbocycles. The zero-order chi connectivity index (χ0) is 24.7. The molecule has 0 aliphatic carbocycles. The molecule has 2 aromatic carbocycles. The molecule has 0 atom stereocenters. The Balaban J connectivity index is 1.62. The molecule has 0 aliphatic rings. The molecule has 0 spiro atoms. The van der Waals surface area contributed by atoms with Gasteiger partial charge in [-0.1, -0.05) is 22.7 Å². The van der Waals surface area contributed by atoms with E-state index in [4.69, 9.17) is 28.3 Å². The molecule has 4 rings (SSSR count). The van der Waals surface area contributed by atoms with Crippen LogP contribution in [0.2, 0.25) is 39.3 Å². The first-order valence-electron chi connectivity index (χ1n) is 11.0. The Morgan fingerprint density at radius 2 is 0.971 bits per heavy atom. The smallest absolute Gasteiger partial charge is 0.242 e. The maximum atomic E-state index is 6.15. The lowest BCUT2D eigenvalue weighted by Gasteiger charge is -2.21. The minimum absolute atomic E-state index is 0.722. The quantitative estimate of drug-likeness (QED) is 0.219. The van der Waals surface area contributed by atoms with E-state index in [2.05, 4.69) is 39.3 Å². The van der Waals surface area contributed by atoms with Crippen molar-refractivity contribution in [2.75, 3.05) is 14.2 Å². The van der Waals surface area contributed by atoms with Gasteiger partial charge in [-0.25, -0.2) is 9.97 Å². The highest BCUT2D eigenvalue weighted by Gasteiger charge is 2.22. The lowest BCUT2D eigenvalue weighted by molar-refractivity contribution is 0.392. The average Bonchev–Trinajstić information content (AvgIpc) is 3.31. The van der Waals surface area contributed by atoms with Crippen LogP contribution in [-0.4, -0.2) is 40.8 Å². The first-order chi connectivity index (χ1) is 16.0. The van der Waals surface area contributed by atoms with Gasteiger partial charge >= 0.3 is 0 Å². The van der Waals surface area contributed by atoms with Gasteiger partial charge in [-0.15, -0.1) is 0 Å². The molecule has 0 aliphatic heterocycles. The predicted octanol–water partition coefficient (Wildman–Crippen LogP) is 7.53. The molecule has 0 amide bonds. The number of hydrogen-bond acceptors (Lipinski definition) is 8. The van der Waals surface area contributed by atoms with Crippen LogP contribution in [0.25, 0.3) is 30.8 Å². The third kappa shape index (κ3) is 5.62. The second kappa shape index (κ2) is 9.33. The topological polar surface area (TPSA) is 62.7 Å². The summed E-state index contributed by atoms with van der Waals surface area (Å²) in [5.41, 5.74) is 1.98. The summed E-state index contributed by atoms with van der Waals surface area (Å²) in [6.07, 6.45) is 0. The highest BCUT2D eigenvalue weighted by atomic mass is 32.1. The molecule has 2 heterocycles. The zero-order valence-electron chi connectivity index (χ0n) is 20.8. The molecular formula is C24H30N2O4S2Si2. The van der Waals surface area contributed by atoms with Gasteiger partial charge in [-0.3, -0.25) is 0 Å². The van der Waals surface area contributed by atoms with Crippen LogP contribution in [-0.2, 0) is 0 Å². The molecule has 0 unspecified atom stereocenters. The van der Waals surface area contributed by atoms with Gasteiger partial charge in [0.05, 0.1) is 14.2 Å². The number of methoxy groups -OCH3 is 2. The molecule has 0 saturated heterocycles. The van der Waals surface area contributed by atoms with Gasteiger partial charge in [0.15, 0.2) is 21.2 Å². The van der Waals surface area contributed by atoms with E-state index >= 15 is 0 Å². The van der Waals surface area contributed by atoms with E-state index < -0.39 is 16.6 Å². The highest BCUT2D eigenvalue weighted by molar-refractivity contribution is 7.29. The number of hydrogen-bond donors (Lipinski definition) is 0. The minimum Gasteiger partial charge on any atom is -0.542 e. The number of benzene rings is 2. The summed E-state index contributed by atoms with van der Waals surface area (Å²) in [6.45, 7) is 12.9. The molecule has 0 N–H and O–H groups in total. The largest absolute Gasteiger partial charge is 0.542 e. The molecule has 0 bridgehead atoms. The van der Waals surface area contributed by atoms with Crippen molar-refractivity contribution in [3.63, 3.8) is 0 Å². The van der Waals surface area contributed by atoms with Gasteiger partial charge in [0.2, 0.25) is 16.6 Å². The van der Waals surface area contributed by atoms with Crippen molar-refractivity contribution < 1.29 is 18.3 Å². The first-order valence-corrected chi connectivity index (χ1v) is 19.4.